The lowest BCUT2D eigenvalue weighted by Crippen LogP contribution is -2.03. The fourth-order valence-corrected chi connectivity index (χ4v) is 8.22. The molecule has 11 rings (SSSR count). The fraction of sp³-hybridized carbons (Fsp3) is 0. The van der Waals surface area contributed by atoms with Crippen molar-refractivity contribution in [1.29, 1.82) is 0 Å². The van der Waals surface area contributed by atoms with Gasteiger partial charge < -0.3 is 13.9 Å². The molecule has 3 nitrogen and oxygen atoms in total. The zero-order valence-electron chi connectivity index (χ0n) is 27.6. The number of benzene rings is 8. The Morgan fingerprint density at radius 1 is 0.353 bits per heavy atom. The van der Waals surface area contributed by atoms with Gasteiger partial charge in [0.25, 0.3) is 0 Å². The average molecular weight is 651 g/mol. The quantitative estimate of drug-likeness (QED) is 0.185. The topological polar surface area (TPSA) is 19.1 Å². The summed E-state index contributed by atoms with van der Waals surface area (Å²) in [6.07, 6.45) is 0. The molecule has 0 amide bonds. The summed E-state index contributed by atoms with van der Waals surface area (Å²) < 4.78 is 11.3. The third kappa shape index (κ3) is 4.19. The first-order valence-corrected chi connectivity index (χ1v) is 17.4. The van der Waals surface area contributed by atoms with Crippen molar-refractivity contribution in [3.05, 3.63) is 182 Å². The van der Waals surface area contributed by atoms with Crippen LogP contribution in [-0.4, -0.2) is 9.13 Å². The van der Waals surface area contributed by atoms with Crippen LogP contribution < -0.4 is 4.74 Å². The summed E-state index contributed by atoms with van der Waals surface area (Å²) in [5.41, 5.74) is 14.1. The van der Waals surface area contributed by atoms with Gasteiger partial charge in [0.2, 0.25) is 0 Å². The summed E-state index contributed by atoms with van der Waals surface area (Å²) in [6, 6.07) is 65.5. The van der Waals surface area contributed by atoms with Gasteiger partial charge in [-0.25, -0.2) is 0 Å². The molecule has 1 aliphatic rings. The van der Waals surface area contributed by atoms with Crippen LogP contribution in [0.25, 0.3) is 88.4 Å². The second kappa shape index (κ2) is 10.8. The van der Waals surface area contributed by atoms with Crippen molar-refractivity contribution in [3.63, 3.8) is 0 Å². The highest BCUT2D eigenvalue weighted by Gasteiger charge is 2.26. The van der Waals surface area contributed by atoms with Gasteiger partial charge in [-0.05, 0) is 100 Å². The van der Waals surface area contributed by atoms with Gasteiger partial charge in [0.1, 0.15) is 0 Å². The van der Waals surface area contributed by atoms with E-state index in [1.165, 1.54) is 65.9 Å². The molecule has 0 N–H and O–H groups in total. The SMILES string of the molecule is c1ccc(-c2ccc3c(c2)c2cc(-c4ccccc4)ccc2n3-c2cccc(-c3ccc4c5c3c3ccccc3n5-c3ccccc3O4)c2)cc1. The van der Waals surface area contributed by atoms with Gasteiger partial charge in [-0.3, -0.25) is 0 Å². The molecule has 10 aromatic rings. The van der Waals surface area contributed by atoms with Crippen LogP contribution in [0, 0.1) is 0 Å². The van der Waals surface area contributed by atoms with Gasteiger partial charge in [-0.15, -0.1) is 0 Å². The second-order valence-electron chi connectivity index (χ2n) is 13.3. The number of fused-ring (bicyclic) bond motifs is 8. The summed E-state index contributed by atoms with van der Waals surface area (Å²) in [4.78, 5) is 0. The molecule has 0 saturated carbocycles. The molecule has 0 atom stereocenters. The fourth-order valence-electron chi connectivity index (χ4n) is 8.22. The van der Waals surface area contributed by atoms with Crippen LogP contribution in [0.3, 0.4) is 0 Å². The molecule has 0 radical (unpaired) electrons. The van der Waals surface area contributed by atoms with Crippen LogP contribution in [0.1, 0.15) is 0 Å². The number of hydrogen-bond donors (Lipinski definition) is 0. The van der Waals surface area contributed by atoms with E-state index in [1.54, 1.807) is 0 Å². The Balaban J connectivity index is 1.15. The Morgan fingerprint density at radius 2 is 0.961 bits per heavy atom. The van der Waals surface area contributed by atoms with Crippen molar-refractivity contribution in [2.45, 2.75) is 0 Å². The predicted molar refractivity (Wildman–Crippen MR) is 212 cm³/mol. The minimum atomic E-state index is 0.875. The Bertz CT molecular complexity index is 2890. The summed E-state index contributed by atoms with van der Waals surface area (Å²) in [5, 5.41) is 4.90. The third-order valence-corrected chi connectivity index (χ3v) is 10.5. The summed E-state index contributed by atoms with van der Waals surface area (Å²) in [6.45, 7) is 0. The molecule has 3 heteroatoms. The first kappa shape index (κ1) is 28.0. The highest BCUT2D eigenvalue weighted by Crippen LogP contribution is 2.48. The van der Waals surface area contributed by atoms with Crippen molar-refractivity contribution < 1.29 is 4.74 Å². The normalized spacial score (nSPS) is 12.1. The highest BCUT2D eigenvalue weighted by molar-refractivity contribution is 6.18. The van der Waals surface area contributed by atoms with Crippen molar-refractivity contribution in [2.24, 2.45) is 0 Å². The number of ether oxygens (including phenoxy) is 1. The van der Waals surface area contributed by atoms with E-state index in [1.807, 2.05) is 12.1 Å². The largest absolute Gasteiger partial charge is 0.453 e. The maximum absolute atomic E-state index is 6.51. The molecule has 0 spiro atoms. The van der Waals surface area contributed by atoms with Crippen molar-refractivity contribution in [1.82, 2.24) is 9.13 Å². The van der Waals surface area contributed by atoms with E-state index in [4.69, 9.17) is 4.74 Å². The highest BCUT2D eigenvalue weighted by atomic mass is 16.5. The smallest absolute Gasteiger partial charge is 0.152 e. The molecule has 1 aliphatic heterocycles. The van der Waals surface area contributed by atoms with Gasteiger partial charge in [0, 0.05) is 27.2 Å². The van der Waals surface area contributed by atoms with Crippen LogP contribution in [0.4, 0.5) is 0 Å². The lowest BCUT2D eigenvalue weighted by Gasteiger charge is -2.21. The molecule has 0 unspecified atom stereocenters. The molecule has 2 aromatic heterocycles. The maximum Gasteiger partial charge on any atom is 0.152 e. The van der Waals surface area contributed by atoms with Crippen molar-refractivity contribution in [3.8, 4) is 56.3 Å². The minimum Gasteiger partial charge on any atom is -0.453 e. The van der Waals surface area contributed by atoms with Crippen molar-refractivity contribution in [2.75, 3.05) is 0 Å². The molecule has 0 fully saturated rings. The van der Waals surface area contributed by atoms with E-state index in [2.05, 4.69) is 179 Å². The lowest BCUT2D eigenvalue weighted by molar-refractivity contribution is 0.476. The van der Waals surface area contributed by atoms with Crippen LogP contribution in [0.5, 0.6) is 11.5 Å². The average Bonchev–Trinajstić information content (AvgIpc) is 3.72. The molecule has 238 valence electrons. The summed E-state index contributed by atoms with van der Waals surface area (Å²) in [7, 11) is 0. The summed E-state index contributed by atoms with van der Waals surface area (Å²) in [5.74, 6) is 1.75. The Hall–Kier alpha value is -6.84. The van der Waals surface area contributed by atoms with E-state index in [0.29, 0.717) is 0 Å². The zero-order valence-corrected chi connectivity index (χ0v) is 27.6. The van der Waals surface area contributed by atoms with Gasteiger partial charge in [0.15, 0.2) is 11.5 Å². The van der Waals surface area contributed by atoms with E-state index in [9.17, 15) is 0 Å². The van der Waals surface area contributed by atoms with Gasteiger partial charge in [-0.1, -0.05) is 115 Å². The third-order valence-electron chi connectivity index (χ3n) is 10.5. The van der Waals surface area contributed by atoms with E-state index < -0.39 is 0 Å². The van der Waals surface area contributed by atoms with E-state index in [0.717, 1.165) is 34.0 Å². The Labute approximate surface area is 294 Å². The Kier molecular flexibility index (Phi) is 5.96. The van der Waals surface area contributed by atoms with E-state index >= 15 is 0 Å². The van der Waals surface area contributed by atoms with Gasteiger partial charge in [-0.2, -0.15) is 0 Å². The van der Waals surface area contributed by atoms with Crippen molar-refractivity contribution >= 4 is 43.6 Å². The number of hydrogen-bond acceptors (Lipinski definition) is 1. The first-order valence-electron chi connectivity index (χ1n) is 17.4. The maximum atomic E-state index is 6.51. The molecule has 51 heavy (non-hydrogen) atoms. The molecule has 3 heterocycles. The molecular formula is C48H30N2O. The number of para-hydroxylation sites is 3. The van der Waals surface area contributed by atoms with E-state index in [-0.39, 0.29) is 0 Å². The number of nitrogens with zero attached hydrogens (tertiary/aromatic N) is 2. The van der Waals surface area contributed by atoms with Gasteiger partial charge >= 0.3 is 0 Å². The number of rotatable bonds is 4. The Morgan fingerprint density at radius 3 is 1.69 bits per heavy atom. The molecule has 0 bridgehead atoms. The lowest BCUT2D eigenvalue weighted by atomic mass is 9.98. The molecular weight excluding hydrogens is 621 g/mol. The van der Waals surface area contributed by atoms with Gasteiger partial charge in [0.05, 0.1) is 27.8 Å². The van der Waals surface area contributed by atoms with Crippen LogP contribution in [0.2, 0.25) is 0 Å². The monoisotopic (exact) mass is 650 g/mol. The first-order chi connectivity index (χ1) is 25.3. The molecule has 8 aromatic carbocycles. The van der Waals surface area contributed by atoms with Crippen LogP contribution in [0.15, 0.2) is 182 Å². The summed E-state index contributed by atoms with van der Waals surface area (Å²) >= 11 is 0. The molecule has 0 saturated heterocycles. The second-order valence-corrected chi connectivity index (χ2v) is 13.3. The van der Waals surface area contributed by atoms with Crippen LogP contribution in [-0.2, 0) is 0 Å². The number of aromatic nitrogens is 2. The molecule has 0 aliphatic carbocycles. The minimum absolute atomic E-state index is 0.875. The zero-order chi connectivity index (χ0) is 33.5. The standard InChI is InChI=1S/C48H30N2O/c1-3-12-31(13-4-1)33-22-25-42-39(29-33)40-30-34(32-14-5-2-6-15-32)23-26-43(40)49(42)36-17-11-16-35(28-36)37-24-27-46-48-47(37)38-18-7-8-19-41(38)50(48)44-20-9-10-21-45(44)51-46/h1-30H. The predicted octanol–water partition coefficient (Wildman–Crippen LogP) is 13.0. The van der Waals surface area contributed by atoms with Crippen LogP contribution >= 0.6 is 0 Å².